The van der Waals surface area contributed by atoms with Gasteiger partial charge in [0.05, 0.1) is 18.1 Å². The topological polar surface area (TPSA) is 58.6 Å². The first-order valence-electron chi connectivity index (χ1n) is 8.16. The van der Waals surface area contributed by atoms with E-state index in [2.05, 4.69) is 5.32 Å². The van der Waals surface area contributed by atoms with Crippen LogP contribution in [0, 0.1) is 5.92 Å². The van der Waals surface area contributed by atoms with Gasteiger partial charge in [-0.15, -0.1) is 0 Å². The van der Waals surface area contributed by atoms with Gasteiger partial charge in [-0.2, -0.15) is 13.2 Å². The molecule has 2 amide bonds. The van der Waals surface area contributed by atoms with E-state index in [1.165, 1.54) is 17.0 Å². The summed E-state index contributed by atoms with van der Waals surface area (Å²) in [7, 11) is 0. The number of hydrogen-bond donors (Lipinski definition) is 1. The van der Waals surface area contributed by atoms with Crippen molar-refractivity contribution in [2.75, 3.05) is 19.7 Å². The molecule has 1 heterocycles. The predicted octanol–water partition coefficient (Wildman–Crippen LogP) is 3.19. The lowest BCUT2D eigenvalue weighted by atomic mass is 9.97. The van der Waals surface area contributed by atoms with Gasteiger partial charge in [0, 0.05) is 19.6 Å². The van der Waals surface area contributed by atoms with Crippen LogP contribution in [0.4, 0.5) is 18.0 Å². The zero-order valence-electron chi connectivity index (χ0n) is 13.9. The Morgan fingerprint density at radius 2 is 2.12 bits per heavy atom. The molecule has 1 aliphatic heterocycles. The van der Waals surface area contributed by atoms with Crippen LogP contribution >= 0.6 is 0 Å². The number of benzene rings is 1. The standard InChI is InChI=1S/C17H21F3N2O3/c1-2-25-16(24)22-8-4-6-13(11-22)15(23)21-10-12-5-3-7-14(9-12)17(18,19)20/h3,5,7,9,13H,2,4,6,8,10-11H2,1H3,(H,21,23). The predicted molar refractivity (Wildman–Crippen MR) is 84.6 cm³/mol. The van der Waals surface area contributed by atoms with E-state index in [4.69, 9.17) is 4.74 Å². The number of rotatable bonds is 4. The number of amides is 2. The Balaban J connectivity index is 1.91. The van der Waals surface area contributed by atoms with E-state index in [0.29, 0.717) is 24.9 Å². The molecule has 0 bridgehead atoms. The van der Waals surface area contributed by atoms with Crippen LogP contribution in [0.5, 0.6) is 0 Å². The van der Waals surface area contributed by atoms with Crippen LogP contribution in [0.3, 0.4) is 0 Å². The summed E-state index contributed by atoms with van der Waals surface area (Å²) in [5.41, 5.74) is -0.369. The number of alkyl halides is 3. The van der Waals surface area contributed by atoms with Crippen molar-refractivity contribution in [3.63, 3.8) is 0 Å². The van der Waals surface area contributed by atoms with Crippen LogP contribution in [-0.4, -0.2) is 36.6 Å². The number of nitrogens with zero attached hydrogens (tertiary/aromatic N) is 1. The van der Waals surface area contributed by atoms with E-state index >= 15 is 0 Å². The molecule has 0 spiro atoms. The van der Waals surface area contributed by atoms with Crippen LogP contribution in [0.15, 0.2) is 24.3 Å². The van der Waals surface area contributed by atoms with E-state index in [-0.39, 0.29) is 31.5 Å². The number of hydrogen-bond acceptors (Lipinski definition) is 3. The number of carbonyl (C=O) groups is 2. The maximum atomic E-state index is 12.7. The van der Waals surface area contributed by atoms with Crippen LogP contribution in [0.2, 0.25) is 0 Å². The molecule has 1 N–H and O–H groups in total. The van der Waals surface area contributed by atoms with Gasteiger partial charge in [0.25, 0.3) is 0 Å². The van der Waals surface area contributed by atoms with Crippen molar-refractivity contribution in [1.82, 2.24) is 10.2 Å². The normalized spacial score (nSPS) is 17.9. The minimum atomic E-state index is -4.41. The Bertz CT molecular complexity index is 619. The molecule has 1 saturated heterocycles. The number of halogens is 3. The van der Waals surface area contributed by atoms with Crippen LogP contribution in [-0.2, 0) is 22.3 Å². The SMILES string of the molecule is CCOC(=O)N1CCCC(C(=O)NCc2cccc(C(F)(F)F)c2)C1. The number of carbonyl (C=O) groups excluding carboxylic acids is 2. The van der Waals surface area contributed by atoms with Gasteiger partial charge < -0.3 is 15.0 Å². The molecule has 1 unspecified atom stereocenters. The Labute approximate surface area is 144 Å². The zero-order chi connectivity index (χ0) is 18.4. The average molecular weight is 358 g/mol. The minimum Gasteiger partial charge on any atom is -0.450 e. The van der Waals surface area contributed by atoms with Gasteiger partial charge in [-0.25, -0.2) is 4.79 Å². The monoisotopic (exact) mass is 358 g/mol. The Hall–Kier alpha value is -2.25. The molecule has 5 nitrogen and oxygen atoms in total. The molecule has 138 valence electrons. The van der Waals surface area contributed by atoms with Crippen molar-refractivity contribution in [2.45, 2.75) is 32.5 Å². The van der Waals surface area contributed by atoms with Crippen molar-refractivity contribution in [3.8, 4) is 0 Å². The second kappa shape index (κ2) is 8.22. The van der Waals surface area contributed by atoms with Gasteiger partial charge in [-0.3, -0.25) is 4.79 Å². The lowest BCUT2D eigenvalue weighted by molar-refractivity contribution is -0.137. The summed E-state index contributed by atoms with van der Waals surface area (Å²) >= 11 is 0. The Morgan fingerprint density at radius 1 is 1.36 bits per heavy atom. The quantitative estimate of drug-likeness (QED) is 0.899. The van der Waals surface area contributed by atoms with Gasteiger partial charge >= 0.3 is 12.3 Å². The summed E-state index contributed by atoms with van der Waals surface area (Å²) < 4.78 is 43.0. The molecule has 1 aromatic carbocycles. The molecule has 8 heteroatoms. The summed E-state index contributed by atoms with van der Waals surface area (Å²) in [6.45, 7) is 2.78. The summed E-state index contributed by atoms with van der Waals surface area (Å²) in [5.74, 6) is -0.657. The number of ether oxygens (including phenoxy) is 1. The van der Waals surface area contributed by atoms with Crippen molar-refractivity contribution < 1.29 is 27.5 Å². The summed E-state index contributed by atoms with van der Waals surface area (Å²) in [5, 5.41) is 2.65. The minimum absolute atomic E-state index is 0.0126. The fourth-order valence-corrected chi connectivity index (χ4v) is 2.76. The van der Waals surface area contributed by atoms with Crippen LogP contribution in [0.25, 0.3) is 0 Å². The average Bonchev–Trinajstić information content (AvgIpc) is 2.59. The van der Waals surface area contributed by atoms with E-state index in [1.807, 2.05) is 0 Å². The third-order valence-electron chi connectivity index (χ3n) is 4.04. The van der Waals surface area contributed by atoms with E-state index in [9.17, 15) is 22.8 Å². The molecule has 2 rings (SSSR count). The highest BCUT2D eigenvalue weighted by Gasteiger charge is 2.31. The lowest BCUT2D eigenvalue weighted by Gasteiger charge is -2.31. The molecule has 0 aliphatic carbocycles. The Kier molecular flexibility index (Phi) is 6.27. The summed E-state index contributed by atoms with van der Waals surface area (Å²) in [6.07, 6.45) is -3.55. The van der Waals surface area contributed by atoms with Crippen molar-refractivity contribution >= 4 is 12.0 Å². The fourth-order valence-electron chi connectivity index (χ4n) is 2.76. The summed E-state index contributed by atoms with van der Waals surface area (Å²) in [6, 6.07) is 4.85. The number of likely N-dealkylation sites (tertiary alicyclic amines) is 1. The molecular formula is C17H21F3N2O3. The highest BCUT2D eigenvalue weighted by molar-refractivity contribution is 5.80. The second-order valence-electron chi connectivity index (χ2n) is 5.90. The van der Waals surface area contributed by atoms with Crippen molar-refractivity contribution in [3.05, 3.63) is 35.4 Å². The fraction of sp³-hybridized carbons (Fsp3) is 0.529. The molecule has 25 heavy (non-hydrogen) atoms. The largest absolute Gasteiger partial charge is 0.450 e. The first-order chi connectivity index (χ1) is 11.8. The zero-order valence-corrected chi connectivity index (χ0v) is 13.9. The van der Waals surface area contributed by atoms with Crippen molar-refractivity contribution in [1.29, 1.82) is 0 Å². The van der Waals surface area contributed by atoms with Gasteiger partial charge in [0.1, 0.15) is 0 Å². The number of piperidine rings is 1. The van der Waals surface area contributed by atoms with Crippen LogP contribution in [0.1, 0.15) is 30.9 Å². The van der Waals surface area contributed by atoms with E-state index < -0.39 is 17.8 Å². The van der Waals surface area contributed by atoms with Gasteiger partial charge in [-0.1, -0.05) is 12.1 Å². The first kappa shape index (κ1) is 19.1. The lowest BCUT2D eigenvalue weighted by Crippen LogP contribution is -2.45. The van der Waals surface area contributed by atoms with E-state index in [1.54, 1.807) is 6.92 Å². The molecule has 0 saturated carbocycles. The first-order valence-corrected chi connectivity index (χ1v) is 8.16. The van der Waals surface area contributed by atoms with Gasteiger partial charge in [0.15, 0.2) is 0 Å². The summed E-state index contributed by atoms with van der Waals surface area (Å²) in [4.78, 5) is 25.5. The highest BCUT2D eigenvalue weighted by atomic mass is 19.4. The molecule has 1 fully saturated rings. The smallest absolute Gasteiger partial charge is 0.416 e. The highest BCUT2D eigenvalue weighted by Crippen LogP contribution is 2.29. The second-order valence-corrected chi connectivity index (χ2v) is 5.90. The maximum Gasteiger partial charge on any atom is 0.416 e. The maximum absolute atomic E-state index is 12.7. The molecule has 0 radical (unpaired) electrons. The third kappa shape index (κ3) is 5.37. The van der Waals surface area contributed by atoms with Crippen molar-refractivity contribution in [2.24, 2.45) is 5.92 Å². The van der Waals surface area contributed by atoms with Gasteiger partial charge in [0.2, 0.25) is 5.91 Å². The molecular weight excluding hydrogens is 337 g/mol. The molecule has 1 atom stereocenters. The van der Waals surface area contributed by atoms with Crippen LogP contribution < -0.4 is 5.32 Å². The molecule has 1 aliphatic rings. The number of nitrogens with one attached hydrogen (secondary N) is 1. The molecule has 1 aromatic rings. The molecule has 0 aromatic heterocycles. The van der Waals surface area contributed by atoms with Gasteiger partial charge in [-0.05, 0) is 37.5 Å². The third-order valence-corrected chi connectivity index (χ3v) is 4.04. The van der Waals surface area contributed by atoms with E-state index in [0.717, 1.165) is 12.1 Å². The Morgan fingerprint density at radius 3 is 2.80 bits per heavy atom.